The number of nitrogens with two attached hydrogens (primary N) is 1. The lowest BCUT2D eigenvalue weighted by Gasteiger charge is -2.06. The summed E-state index contributed by atoms with van der Waals surface area (Å²) >= 11 is 0. The zero-order chi connectivity index (χ0) is 17.9. The van der Waals surface area contributed by atoms with E-state index in [0.717, 1.165) is 11.1 Å². The maximum absolute atomic E-state index is 12.9. The number of nitrogen functional groups attached to an aromatic ring is 1. The molecule has 0 saturated heterocycles. The van der Waals surface area contributed by atoms with Gasteiger partial charge in [0.05, 0.1) is 30.2 Å². The van der Waals surface area contributed by atoms with Gasteiger partial charge in [0.15, 0.2) is 0 Å². The lowest BCUT2D eigenvalue weighted by Crippen LogP contribution is -2.14. The Kier molecular flexibility index (Phi) is 4.07. The van der Waals surface area contributed by atoms with Crippen LogP contribution in [0.25, 0.3) is 11.3 Å². The average Bonchev–Trinajstić information content (AvgIpc) is 3.31. The third-order valence-electron chi connectivity index (χ3n) is 4.09. The van der Waals surface area contributed by atoms with Crippen molar-refractivity contribution in [3.8, 4) is 11.3 Å². The first-order valence-electron chi connectivity index (χ1n) is 8.22. The minimum atomic E-state index is -0.230. The minimum absolute atomic E-state index is 0.230. The van der Waals surface area contributed by atoms with Crippen LogP contribution in [0, 0.1) is 0 Å². The van der Waals surface area contributed by atoms with Crippen molar-refractivity contribution in [2.45, 2.75) is 6.54 Å². The number of aromatic nitrogens is 4. The minimum Gasteiger partial charge on any atom is -0.399 e. The normalized spacial score (nSPS) is 10.8. The highest BCUT2D eigenvalue weighted by molar-refractivity contribution is 5.97. The number of carbonyl (C=O) groups excluding carboxylic acids is 1. The summed E-state index contributed by atoms with van der Waals surface area (Å²) in [7, 11) is 0. The van der Waals surface area contributed by atoms with Crippen LogP contribution >= 0.6 is 0 Å². The van der Waals surface area contributed by atoms with Gasteiger partial charge in [-0.3, -0.25) is 9.48 Å². The number of hydrogen-bond acceptors (Lipinski definition) is 4. The van der Waals surface area contributed by atoms with E-state index in [9.17, 15) is 4.79 Å². The predicted molar refractivity (Wildman–Crippen MR) is 99.6 cm³/mol. The summed E-state index contributed by atoms with van der Waals surface area (Å²) in [6.45, 7) is 0.606. The maximum atomic E-state index is 12.9. The molecule has 4 rings (SSSR count). The van der Waals surface area contributed by atoms with E-state index in [1.807, 2.05) is 48.5 Å². The van der Waals surface area contributed by atoms with Gasteiger partial charge >= 0.3 is 0 Å². The Labute approximate surface area is 150 Å². The monoisotopic (exact) mass is 343 g/mol. The van der Waals surface area contributed by atoms with Gasteiger partial charge in [0, 0.05) is 17.4 Å². The summed E-state index contributed by atoms with van der Waals surface area (Å²) in [5.74, 6) is -0.230. The van der Waals surface area contributed by atoms with E-state index in [0.29, 0.717) is 23.5 Å². The van der Waals surface area contributed by atoms with Crippen molar-refractivity contribution >= 4 is 11.6 Å². The third kappa shape index (κ3) is 3.12. The number of nitrogens with zero attached hydrogens (tertiary/aromatic N) is 4. The number of rotatable bonds is 4. The number of anilines is 1. The molecule has 2 aromatic carbocycles. The Balaban J connectivity index is 1.61. The molecule has 0 amide bonds. The van der Waals surface area contributed by atoms with Crippen molar-refractivity contribution in [3.63, 3.8) is 0 Å². The third-order valence-corrected chi connectivity index (χ3v) is 4.09. The van der Waals surface area contributed by atoms with Gasteiger partial charge in [-0.15, -0.1) is 0 Å². The summed E-state index contributed by atoms with van der Waals surface area (Å²) in [6, 6.07) is 19.1. The van der Waals surface area contributed by atoms with Gasteiger partial charge in [-0.05, 0) is 23.8 Å². The molecule has 2 heterocycles. The van der Waals surface area contributed by atoms with Gasteiger partial charge in [-0.1, -0.05) is 42.5 Å². The zero-order valence-corrected chi connectivity index (χ0v) is 14.0. The Morgan fingerprint density at radius 3 is 2.65 bits per heavy atom. The van der Waals surface area contributed by atoms with E-state index in [2.05, 4.69) is 10.2 Å². The first-order chi connectivity index (χ1) is 12.7. The first-order valence-corrected chi connectivity index (χ1v) is 8.22. The van der Waals surface area contributed by atoms with Crippen molar-refractivity contribution in [1.82, 2.24) is 19.6 Å². The van der Waals surface area contributed by atoms with Crippen LogP contribution in [0.2, 0.25) is 0 Å². The quantitative estimate of drug-likeness (QED) is 0.578. The molecule has 6 heteroatoms. The van der Waals surface area contributed by atoms with Crippen LogP contribution in [0.3, 0.4) is 0 Å². The van der Waals surface area contributed by atoms with E-state index < -0.39 is 0 Å². The molecule has 0 spiro atoms. The largest absolute Gasteiger partial charge is 0.399 e. The Hall–Kier alpha value is -3.67. The molecule has 26 heavy (non-hydrogen) atoms. The van der Waals surface area contributed by atoms with E-state index in [1.165, 1.54) is 4.68 Å². The molecule has 128 valence electrons. The molecule has 0 radical (unpaired) electrons. The van der Waals surface area contributed by atoms with Crippen LogP contribution in [0.4, 0.5) is 5.69 Å². The number of benzene rings is 2. The second-order valence-electron chi connectivity index (χ2n) is 5.97. The van der Waals surface area contributed by atoms with Crippen molar-refractivity contribution in [1.29, 1.82) is 0 Å². The molecular formula is C20H17N5O. The topological polar surface area (TPSA) is 78.7 Å². The second kappa shape index (κ2) is 6.68. The van der Waals surface area contributed by atoms with Gasteiger partial charge in [0.2, 0.25) is 0 Å². The van der Waals surface area contributed by atoms with Crippen molar-refractivity contribution in [2.24, 2.45) is 0 Å². The number of hydrogen-bond donors (Lipinski definition) is 1. The van der Waals surface area contributed by atoms with Gasteiger partial charge < -0.3 is 5.73 Å². The average molecular weight is 343 g/mol. The van der Waals surface area contributed by atoms with Crippen LogP contribution in [0.1, 0.15) is 15.9 Å². The lowest BCUT2D eigenvalue weighted by atomic mass is 10.1. The number of carbonyl (C=O) groups is 1. The molecule has 6 nitrogen and oxygen atoms in total. The Morgan fingerprint density at radius 2 is 1.85 bits per heavy atom. The smallest absolute Gasteiger partial charge is 0.281 e. The highest BCUT2D eigenvalue weighted by Gasteiger charge is 2.16. The van der Waals surface area contributed by atoms with Gasteiger partial charge in [0.1, 0.15) is 0 Å². The fraction of sp³-hybridized carbons (Fsp3) is 0.0500. The second-order valence-corrected chi connectivity index (χ2v) is 5.97. The van der Waals surface area contributed by atoms with Crippen molar-refractivity contribution in [3.05, 3.63) is 90.4 Å². The SMILES string of the molecule is Nc1cccc(-c2ccnn2C(=O)c2cnn(Cc3ccccc3)c2)c1. The van der Waals surface area contributed by atoms with Crippen LogP contribution in [-0.4, -0.2) is 25.5 Å². The summed E-state index contributed by atoms with van der Waals surface area (Å²) in [6.07, 6.45) is 4.90. The van der Waals surface area contributed by atoms with Gasteiger partial charge in [0.25, 0.3) is 5.91 Å². The molecule has 0 fully saturated rings. The molecule has 0 unspecified atom stereocenters. The van der Waals surface area contributed by atoms with E-state index in [1.54, 1.807) is 35.4 Å². The first kappa shape index (κ1) is 15.8. The van der Waals surface area contributed by atoms with E-state index in [-0.39, 0.29) is 5.91 Å². The van der Waals surface area contributed by atoms with Crippen LogP contribution in [0.5, 0.6) is 0 Å². The maximum Gasteiger partial charge on any atom is 0.281 e. The molecule has 0 bridgehead atoms. The lowest BCUT2D eigenvalue weighted by molar-refractivity contribution is 0.0947. The molecule has 0 aliphatic carbocycles. The summed E-state index contributed by atoms with van der Waals surface area (Å²) < 4.78 is 3.12. The Morgan fingerprint density at radius 1 is 1.00 bits per heavy atom. The molecule has 0 aliphatic heterocycles. The predicted octanol–water partition coefficient (Wildman–Crippen LogP) is 3.07. The molecule has 0 saturated carbocycles. The fourth-order valence-electron chi connectivity index (χ4n) is 2.83. The summed E-state index contributed by atoms with van der Waals surface area (Å²) in [5, 5.41) is 8.47. The molecule has 2 N–H and O–H groups in total. The van der Waals surface area contributed by atoms with Crippen molar-refractivity contribution in [2.75, 3.05) is 5.73 Å². The van der Waals surface area contributed by atoms with Gasteiger partial charge in [-0.25, -0.2) is 0 Å². The molecule has 2 aromatic heterocycles. The molecular weight excluding hydrogens is 326 g/mol. The van der Waals surface area contributed by atoms with Crippen LogP contribution in [-0.2, 0) is 6.54 Å². The van der Waals surface area contributed by atoms with E-state index in [4.69, 9.17) is 5.73 Å². The zero-order valence-electron chi connectivity index (χ0n) is 14.0. The standard InChI is InChI=1S/C20H17N5O/c21-18-8-4-7-16(11-18)19-9-10-22-25(19)20(26)17-12-23-24(14-17)13-15-5-2-1-3-6-15/h1-12,14H,13,21H2. The van der Waals surface area contributed by atoms with Gasteiger partial charge in [-0.2, -0.15) is 14.9 Å². The highest BCUT2D eigenvalue weighted by Crippen LogP contribution is 2.22. The van der Waals surface area contributed by atoms with E-state index >= 15 is 0 Å². The van der Waals surface area contributed by atoms with Crippen LogP contribution in [0.15, 0.2) is 79.3 Å². The van der Waals surface area contributed by atoms with Crippen LogP contribution < -0.4 is 5.73 Å². The Bertz CT molecular complexity index is 1050. The highest BCUT2D eigenvalue weighted by atomic mass is 16.2. The molecule has 0 atom stereocenters. The molecule has 0 aliphatic rings. The fourth-order valence-corrected chi connectivity index (χ4v) is 2.83. The molecule has 4 aromatic rings. The summed E-state index contributed by atoms with van der Waals surface area (Å²) in [5.41, 5.74) is 9.62. The summed E-state index contributed by atoms with van der Waals surface area (Å²) in [4.78, 5) is 12.9. The van der Waals surface area contributed by atoms with Crippen molar-refractivity contribution < 1.29 is 4.79 Å².